The van der Waals surface area contributed by atoms with Gasteiger partial charge >= 0.3 is 12.0 Å². The van der Waals surface area contributed by atoms with Crippen LogP contribution in [-0.4, -0.2) is 40.3 Å². The monoisotopic (exact) mass is 267 g/mol. The number of aliphatic carboxylic acids is 1. The first kappa shape index (κ1) is 13.4. The fraction of sp³-hybridized carbons (Fsp3) is 0.583. The number of amides is 2. The number of carboxylic acids is 1. The number of hydrogen-bond acceptors (Lipinski definition) is 4. The van der Waals surface area contributed by atoms with Crippen molar-refractivity contribution in [2.24, 2.45) is 11.8 Å². The molecule has 2 N–H and O–H groups in total. The molecule has 0 saturated carbocycles. The zero-order chi connectivity index (χ0) is 14.0. The quantitative estimate of drug-likeness (QED) is 0.843. The molecule has 2 heterocycles. The third-order valence-electron chi connectivity index (χ3n) is 3.39. The molecule has 2 amide bonds. The molecule has 1 atom stereocenters. The molecule has 0 aliphatic carbocycles. The summed E-state index contributed by atoms with van der Waals surface area (Å²) in [4.78, 5) is 24.1. The van der Waals surface area contributed by atoms with E-state index in [0.29, 0.717) is 31.1 Å². The molecule has 7 heteroatoms. The number of hydrogen-bond donors (Lipinski definition) is 2. The summed E-state index contributed by atoms with van der Waals surface area (Å²) >= 11 is 0. The minimum atomic E-state index is -0.817. The number of carbonyl (C=O) groups excluding carboxylic acids is 1. The molecule has 1 aliphatic rings. The highest BCUT2D eigenvalue weighted by atomic mass is 16.5. The second kappa shape index (κ2) is 5.29. The fourth-order valence-electron chi connectivity index (χ4n) is 1.98. The van der Waals surface area contributed by atoms with Gasteiger partial charge in [-0.05, 0) is 6.92 Å². The molecule has 1 aromatic heterocycles. The van der Waals surface area contributed by atoms with Crippen molar-refractivity contribution in [2.75, 3.05) is 13.1 Å². The number of nitrogens with one attached hydrogen (secondary N) is 1. The van der Waals surface area contributed by atoms with E-state index in [0.717, 1.165) is 0 Å². The van der Waals surface area contributed by atoms with Crippen LogP contribution in [0.25, 0.3) is 0 Å². The van der Waals surface area contributed by atoms with E-state index in [1.165, 1.54) is 0 Å². The minimum Gasteiger partial charge on any atom is -0.481 e. The van der Waals surface area contributed by atoms with Crippen molar-refractivity contribution in [1.29, 1.82) is 0 Å². The summed E-state index contributed by atoms with van der Waals surface area (Å²) < 4.78 is 4.89. The van der Waals surface area contributed by atoms with Crippen LogP contribution < -0.4 is 5.32 Å². The summed E-state index contributed by atoms with van der Waals surface area (Å²) in [5, 5.41) is 15.4. The maximum atomic E-state index is 11.8. The average molecular weight is 267 g/mol. The molecule has 7 nitrogen and oxygen atoms in total. The number of rotatable bonds is 4. The van der Waals surface area contributed by atoms with Crippen molar-refractivity contribution in [1.82, 2.24) is 15.4 Å². The van der Waals surface area contributed by atoms with E-state index in [4.69, 9.17) is 9.63 Å². The van der Waals surface area contributed by atoms with E-state index >= 15 is 0 Å². The molecular formula is C12H17N3O4. The Morgan fingerprint density at radius 2 is 2.32 bits per heavy atom. The molecular weight excluding hydrogens is 250 g/mol. The number of aryl methyl sites for hydroxylation is 1. The number of carbonyl (C=O) groups is 2. The molecule has 0 spiro atoms. The summed E-state index contributed by atoms with van der Waals surface area (Å²) in [6, 6.07) is 1.56. The van der Waals surface area contributed by atoms with E-state index < -0.39 is 11.9 Å². The summed E-state index contributed by atoms with van der Waals surface area (Å²) in [5.41, 5.74) is 0.668. The van der Waals surface area contributed by atoms with Crippen molar-refractivity contribution in [3.63, 3.8) is 0 Å². The topological polar surface area (TPSA) is 95.7 Å². The number of nitrogens with zero attached hydrogens (tertiary/aromatic N) is 2. The first-order valence-electron chi connectivity index (χ1n) is 6.15. The first-order chi connectivity index (χ1) is 8.97. The lowest BCUT2D eigenvalue weighted by Gasteiger charge is -2.40. The maximum absolute atomic E-state index is 11.8. The molecule has 19 heavy (non-hydrogen) atoms. The van der Waals surface area contributed by atoms with Gasteiger partial charge in [-0.15, -0.1) is 0 Å². The van der Waals surface area contributed by atoms with Crippen LogP contribution in [0, 0.1) is 18.8 Å². The lowest BCUT2D eigenvalue weighted by Crippen LogP contribution is -2.56. The van der Waals surface area contributed by atoms with Crippen LogP contribution in [0.4, 0.5) is 4.79 Å². The Morgan fingerprint density at radius 3 is 2.84 bits per heavy atom. The molecule has 1 unspecified atom stereocenters. The highest BCUT2D eigenvalue weighted by molar-refractivity contribution is 5.76. The molecule has 104 valence electrons. The summed E-state index contributed by atoms with van der Waals surface area (Å²) in [6.45, 7) is 4.73. The van der Waals surface area contributed by atoms with E-state index in [-0.39, 0.29) is 11.9 Å². The van der Waals surface area contributed by atoms with Gasteiger partial charge in [0.25, 0.3) is 0 Å². The van der Waals surface area contributed by atoms with E-state index in [1.54, 1.807) is 24.8 Å². The van der Waals surface area contributed by atoms with Gasteiger partial charge in [-0.3, -0.25) is 4.79 Å². The van der Waals surface area contributed by atoms with Crippen molar-refractivity contribution in [3.8, 4) is 0 Å². The van der Waals surface area contributed by atoms with E-state index in [1.807, 2.05) is 0 Å². The minimum absolute atomic E-state index is 0.0394. The van der Waals surface area contributed by atoms with Gasteiger partial charge in [-0.1, -0.05) is 12.1 Å². The summed E-state index contributed by atoms with van der Waals surface area (Å²) in [5.74, 6) is -0.494. The molecule has 2 rings (SSSR count). The van der Waals surface area contributed by atoms with E-state index in [9.17, 15) is 9.59 Å². The predicted molar refractivity (Wildman–Crippen MR) is 65.3 cm³/mol. The van der Waals surface area contributed by atoms with Gasteiger partial charge < -0.3 is 19.8 Å². The van der Waals surface area contributed by atoms with Crippen LogP contribution in [-0.2, 0) is 11.3 Å². The number of likely N-dealkylation sites (tertiary alicyclic amines) is 1. The largest absolute Gasteiger partial charge is 0.481 e. The van der Waals surface area contributed by atoms with Crippen LogP contribution in [0.5, 0.6) is 0 Å². The Labute approximate surface area is 110 Å². The van der Waals surface area contributed by atoms with Crippen molar-refractivity contribution < 1.29 is 19.2 Å². The predicted octanol–water partition coefficient (Wildman–Crippen LogP) is 0.845. The first-order valence-corrected chi connectivity index (χ1v) is 6.15. The summed E-state index contributed by atoms with van der Waals surface area (Å²) in [7, 11) is 0. The Morgan fingerprint density at radius 1 is 1.63 bits per heavy atom. The lowest BCUT2D eigenvalue weighted by molar-refractivity contribution is -0.144. The van der Waals surface area contributed by atoms with Crippen LogP contribution in [0.1, 0.15) is 18.4 Å². The zero-order valence-electron chi connectivity index (χ0n) is 10.9. The number of aromatic nitrogens is 1. The molecule has 0 radical (unpaired) electrons. The van der Waals surface area contributed by atoms with Crippen molar-refractivity contribution in [2.45, 2.75) is 20.4 Å². The number of urea groups is 1. The normalized spacial score (nSPS) is 16.8. The van der Waals surface area contributed by atoms with Gasteiger partial charge in [-0.25, -0.2) is 4.79 Å². The summed E-state index contributed by atoms with van der Waals surface area (Å²) in [6.07, 6.45) is 0. The molecule has 1 saturated heterocycles. The van der Waals surface area contributed by atoms with Crippen molar-refractivity contribution >= 4 is 12.0 Å². The molecule has 1 fully saturated rings. The molecule has 0 bridgehead atoms. The lowest BCUT2D eigenvalue weighted by atomic mass is 9.87. The third kappa shape index (κ3) is 3.04. The number of carboxylic acid groups (broad SMARTS) is 1. The smallest absolute Gasteiger partial charge is 0.317 e. The Hall–Kier alpha value is -2.05. The SMILES string of the molecule is Cc1cc(CNC(=O)N2CC(C(C)C(=O)O)C2)no1. The van der Waals surface area contributed by atoms with Gasteiger partial charge in [0, 0.05) is 25.1 Å². The average Bonchev–Trinajstić information content (AvgIpc) is 2.70. The van der Waals surface area contributed by atoms with Crippen LogP contribution >= 0.6 is 0 Å². The van der Waals surface area contributed by atoms with Crippen molar-refractivity contribution in [3.05, 3.63) is 17.5 Å². The van der Waals surface area contributed by atoms with Crippen LogP contribution in [0.15, 0.2) is 10.6 Å². The highest BCUT2D eigenvalue weighted by Crippen LogP contribution is 2.23. The highest BCUT2D eigenvalue weighted by Gasteiger charge is 2.37. The van der Waals surface area contributed by atoms with Crippen LogP contribution in [0.2, 0.25) is 0 Å². The van der Waals surface area contributed by atoms with E-state index in [2.05, 4.69) is 10.5 Å². The Balaban J connectivity index is 1.73. The van der Waals surface area contributed by atoms with Crippen LogP contribution in [0.3, 0.4) is 0 Å². The molecule has 0 aromatic carbocycles. The van der Waals surface area contributed by atoms with Gasteiger partial charge in [0.15, 0.2) is 0 Å². The van der Waals surface area contributed by atoms with Gasteiger partial charge in [0.1, 0.15) is 11.5 Å². The standard InChI is InChI=1S/C12H17N3O4/c1-7-3-10(14-19-7)4-13-12(18)15-5-9(6-15)8(2)11(16)17/h3,8-9H,4-6H2,1-2H3,(H,13,18)(H,16,17). The fourth-order valence-corrected chi connectivity index (χ4v) is 1.98. The van der Waals surface area contributed by atoms with Gasteiger partial charge in [0.05, 0.1) is 12.5 Å². The third-order valence-corrected chi connectivity index (χ3v) is 3.39. The second-order valence-corrected chi connectivity index (χ2v) is 4.88. The molecule has 1 aromatic rings. The van der Waals surface area contributed by atoms with Gasteiger partial charge in [-0.2, -0.15) is 0 Å². The maximum Gasteiger partial charge on any atom is 0.317 e. The second-order valence-electron chi connectivity index (χ2n) is 4.88. The molecule has 1 aliphatic heterocycles. The zero-order valence-corrected chi connectivity index (χ0v) is 10.9. The van der Waals surface area contributed by atoms with Gasteiger partial charge in [0.2, 0.25) is 0 Å². The Bertz CT molecular complexity index is 479. The Kier molecular flexibility index (Phi) is 3.73.